The molecular formula is C23H16Cl2N4O3S. The van der Waals surface area contributed by atoms with E-state index in [1.165, 1.54) is 11.3 Å². The van der Waals surface area contributed by atoms with Gasteiger partial charge in [-0.2, -0.15) is 0 Å². The van der Waals surface area contributed by atoms with Gasteiger partial charge in [0.1, 0.15) is 5.52 Å². The first-order chi connectivity index (χ1) is 16.0. The number of hydrogen-bond donors (Lipinski definition) is 3. The molecule has 0 radical (unpaired) electrons. The molecule has 0 spiro atoms. The van der Waals surface area contributed by atoms with Crippen LogP contribution >= 0.6 is 34.5 Å². The van der Waals surface area contributed by atoms with Crippen LogP contribution in [0.4, 0.5) is 10.8 Å². The van der Waals surface area contributed by atoms with Crippen molar-refractivity contribution in [2.24, 2.45) is 0 Å². The molecule has 10 heteroatoms. The van der Waals surface area contributed by atoms with Crippen molar-refractivity contribution in [3.05, 3.63) is 73.9 Å². The summed E-state index contributed by atoms with van der Waals surface area (Å²) >= 11 is 13.6. The summed E-state index contributed by atoms with van der Waals surface area (Å²) in [6.45, 7) is 1.83. The predicted molar refractivity (Wildman–Crippen MR) is 132 cm³/mol. The van der Waals surface area contributed by atoms with E-state index in [2.05, 4.69) is 15.3 Å². The van der Waals surface area contributed by atoms with Gasteiger partial charge in [0.2, 0.25) is 0 Å². The Balaban J connectivity index is 1.40. The van der Waals surface area contributed by atoms with Gasteiger partial charge in [-0.05, 0) is 37.3 Å². The molecule has 33 heavy (non-hydrogen) atoms. The first kappa shape index (κ1) is 20.7. The molecule has 3 aromatic heterocycles. The highest BCUT2D eigenvalue weighted by atomic mass is 35.5. The molecule has 2 aromatic carbocycles. The minimum absolute atomic E-state index is 0.189. The zero-order valence-corrected chi connectivity index (χ0v) is 19.4. The van der Waals surface area contributed by atoms with E-state index >= 15 is 0 Å². The molecular weight excluding hydrogens is 483 g/mol. The maximum atomic E-state index is 12.6. The van der Waals surface area contributed by atoms with Crippen LogP contribution in [0, 0.1) is 0 Å². The summed E-state index contributed by atoms with van der Waals surface area (Å²) in [5.41, 5.74) is 4.36. The van der Waals surface area contributed by atoms with Gasteiger partial charge >= 0.3 is 0 Å². The van der Waals surface area contributed by atoms with Crippen LogP contribution in [0.3, 0.4) is 0 Å². The second-order valence-corrected chi connectivity index (χ2v) is 9.34. The number of hydrogen-bond acceptors (Lipinski definition) is 6. The summed E-state index contributed by atoms with van der Waals surface area (Å²) in [6.07, 6.45) is 1.01. The number of halogens is 2. The third kappa shape index (κ3) is 3.60. The van der Waals surface area contributed by atoms with E-state index < -0.39 is 6.29 Å². The van der Waals surface area contributed by atoms with Gasteiger partial charge in [0.25, 0.3) is 5.56 Å². The third-order valence-electron chi connectivity index (χ3n) is 5.53. The van der Waals surface area contributed by atoms with Crippen LogP contribution in [0.25, 0.3) is 33.1 Å². The molecule has 0 atom stereocenters. The topological polar surface area (TPSA) is 92.0 Å². The first-order valence-electron chi connectivity index (χ1n) is 10.1. The summed E-state index contributed by atoms with van der Waals surface area (Å²) in [7, 11) is 0. The van der Waals surface area contributed by atoms with Crippen LogP contribution in [0.5, 0.6) is 0 Å². The van der Waals surface area contributed by atoms with E-state index in [-0.39, 0.29) is 11.8 Å². The SMILES string of the molecule is CC1OC(c2c[nH]c3c(=O)[nH]c4ccc(-c5csc(Nc6ccc(Cl)c(Cl)c6)n5)cc4c23)O1. The van der Waals surface area contributed by atoms with Crippen LogP contribution in [-0.4, -0.2) is 21.2 Å². The standard InChI is InChI=1S/C23H16Cl2N4O3S/c1-10-31-22(32-10)14-8-26-20-19(14)13-6-11(2-5-17(13)28-21(20)30)18-9-33-23(29-18)27-12-3-4-15(24)16(25)7-12/h2-10,22,26H,1H3,(H,27,29)(H,28,30). The van der Waals surface area contributed by atoms with Gasteiger partial charge in [-0.15, -0.1) is 11.3 Å². The van der Waals surface area contributed by atoms with Gasteiger partial charge in [0.15, 0.2) is 17.7 Å². The Morgan fingerprint density at radius 2 is 1.97 bits per heavy atom. The lowest BCUT2D eigenvalue weighted by Gasteiger charge is -2.33. The number of thiazole rings is 1. The molecule has 1 aliphatic heterocycles. The maximum absolute atomic E-state index is 12.6. The minimum atomic E-state index is -0.497. The Labute approximate surface area is 201 Å². The molecule has 3 N–H and O–H groups in total. The Hall–Kier alpha value is -2.88. The van der Waals surface area contributed by atoms with E-state index in [4.69, 9.17) is 37.7 Å². The van der Waals surface area contributed by atoms with E-state index in [0.717, 1.165) is 43.9 Å². The summed E-state index contributed by atoms with van der Waals surface area (Å²) in [5.74, 6) is 0. The average molecular weight is 499 g/mol. The Morgan fingerprint density at radius 1 is 1.12 bits per heavy atom. The van der Waals surface area contributed by atoms with Crippen LogP contribution in [-0.2, 0) is 9.47 Å². The largest absolute Gasteiger partial charge is 0.356 e. The number of ether oxygens (including phenoxy) is 2. The number of aromatic nitrogens is 3. The Morgan fingerprint density at radius 3 is 2.76 bits per heavy atom. The van der Waals surface area contributed by atoms with Crippen molar-refractivity contribution in [3.8, 4) is 11.3 Å². The highest BCUT2D eigenvalue weighted by Crippen LogP contribution is 2.38. The molecule has 0 unspecified atom stereocenters. The molecule has 0 aliphatic carbocycles. The molecule has 7 nitrogen and oxygen atoms in total. The van der Waals surface area contributed by atoms with Crippen LogP contribution < -0.4 is 10.9 Å². The monoisotopic (exact) mass is 498 g/mol. The maximum Gasteiger partial charge on any atom is 0.272 e. The van der Waals surface area contributed by atoms with Gasteiger partial charge < -0.3 is 24.8 Å². The molecule has 166 valence electrons. The minimum Gasteiger partial charge on any atom is -0.356 e. The lowest BCUT2D eigenvalue weighted by Crippen LogP contribution is -2.31. The van der Waals surface area contributed by atoms with Crippen molar-refractivity contribution in [1.82, 2.24) is 15.0 Å². The van der Waals surface area contributed by atoms with E-state index in [9.17, 15) is 4.79 Å². The number of nitrogens with one attached hydrogen (secondary N) is 3. The molecule has 0 saturated carbocycles. The van der Waals surface area contributed by atoms with E-state index in [1.54, 1.807) is 18.3 Å². The average Bonchev–Trinajstić information content (AvgIpc) is 3.42. The number of pyridine rings is 1. The Bertz CT molecular complexity index is 1590. The number of aromatic amines is 2. The molecule has 0 amide bonds. The van der Waals surface area contributed by atoms with E-state index in [0.29, 0.717) is 15.6 Å². The number of H-pyrrole nitrogens is 2. The second kappa shape index (κ2) is 7.86. The molecule has 1 saturated heterocycles. The van der Waals surface area contributed by atoms with Gasteiger partial charge in [-0.3, -0.25) is 4.79 Å². The van der Waals surface area contributed by atoms with Crippen LogP contribution in [0.2, 0.25) is 10.0 Å². The molecule has 6 rings (SSSR count). The van der Waals surface area contributed by atoms with Gasteiger partial charge in [0, 0.05) is 44.7 Å². The quantitative estimate of drug-likeness (QED) is 0.260. The third-order valence-corrected chi connectivity index (χ3v) is 7.03. The second-order valence-electron chi connectivity index (χ2n) is 7.67. The van der Waals surface area contributed by atoms with Crippen molar-refractivity contribution in [3.63, 3.8) is 0 Å². The summed E-state index contributed by atoms with van der Waals surface area (Å²) in [4.78, 5) is 23.3. The lowest BCUT2D eigenvalue weighted by molar-refractivity contribution is -0.382. The lowest BCUT2D eigenvalue weighted by atomic mass is 10.0. The molecule has 4 heterocycles. The van der Waals surface area contributed by atoms with Crippen molar-refractivity contribution in [1.29, 1.82) is 0 Å². The Kier molecular flexibility index (Phi) is 4.93. The zero-order chi connectivity index (χ0) is 22.7. The predicted octanol–water partition coefficient (Wildman–Crippen LogP) is 6.57. The van der Waals surface area contributed by atoms with Crippen molar-refractivity contribution >= 4 is 67.2 Å². The summed E-state index contributed by atoms with van der Waals surface area (Å²) in [6, 6.07) is 11.2. The van der Waals surface area contributed by atoms with Crippen molar-refractivity contribution in [2.45, 2.75) is 19.5 Å². The molecule has 1 fully saturated rings. The van der Waals surface area contributed by atoms with Gasteiger partial charge in [-0.1, -0.05) is 29.3 Å². The fraction of sp³-hybridized carbons (Fsp3) is 0.130. The van der Waals surface area contributed by atoms with Crippen molar-refractivity contribution in [2.75, 3.05) is 5.32 Å². The summed E-state index contributed by atoms with van der Waals surface area (Å²) < 4.78 is 11.4. The first-order valence-corrected chi connectivity index (χ1v) is 11.8. The zero-order valence-electron chi connectivity index (χ0n) is 17.1. The van der Waals surface area contributed by atoms with Crippen molar-refractivity contribution < 1.29 is 9.47 Å². The smallest absolute Gasteiger partial charge is 0.272 e. The fourth-order valence-electron chi connectivity index (χ4n) is 3.96. The number of rotatable bonds is 4. The molecule has 0 bridgehead atoms. The number of nitrogens with zero attached hydrogens (tertiary/aromatic N) is 1. The van der Waals surface area contributed by atoms with Gasteiger partial charge in [-0.25, -0.2) is 4.98 Å². The number of anilines is 2. The van der Waals surface area contributed by atoms with Gasteiger partial charge in [0.05, 0.1) is 15.7 Å². The van der Waals surface area contributed by atoms with Crippen LogP contribution in [0.15, 0.2) is 52.8 Å². The van der Waals surface area contributed by atoms with E-state index in [1.807, 2.05) is 36.6 Å². The highest BCUT2D eigenvalue weighted by molar-refractivity contribution is 7.14. The molecule has 1 aliphatic rings. The van der Waals surface area contributed by atoms with Crippen LogP contribution in [0.1, 0.15) is 18.8 Å². The summed E-state index contributed by atoms with van der Waals surface area (Å²) in [5, 5.41) is 8.60. The highest BCUT2D eigenvalue weighted by Gasteiger charge is 2.31. The normalized spacial score (nSPS) is 18.0. The molecule has 5 aromatic rings. The number of benzene rings is 2. The fourth-order valence-corrected chi connectivity index (χ4v) is 5.00. The number of fused-ring (bicyclic) bond motifs is 3.